The molecule has 0 unspecified atom stereocenters. The predicted octanol–water partition coefficient (Wildman–Crippen LogP) is 3.19. The highest BCUT2D eigenvalue weighted by molar-refractivity contribution is 7.73. The number of methoxy groups -OCH3 is 2. The van der Waals surface area contributed by atoms with Gasteiger partial charge in [0.05, 0.1) is 19.1 Å². The summed E-state index contributed by atoms with van der Waals surface area (Å²) in [5.74, 6) is 0.0787. The van der Waals surface area contributed by atoms with E-state index in [0.29, 0.717) is 25.9 Å². The van der Waals surface area contributed by atoms with E-state index < -0.39 is 5.97 Å². The Morgan fingerprint density at radius 2 is 2.00 bits per heavy atom. The number of H-pyrrole nitrogens is 1. The van der Waals surface area contributed by atoms with Crippen LogP contribution in [-0.2, 0) is 0 Å². The summed E-state index contributed by atoms with van der Waals surface area (Å²) in [7, 11) is 3.07. The van der Waals surface area contributed by atoms with Crippen LogP contribution >= 0.6 is 23.6 Å². The number of carboxylic acid groups (broad SMARTS) is 1. The fourth-order valence-corrected chi connectivity index (χ4v) is 2.84. The maximum absolute atomic E-state index is 11.2. The minimum Gasteiger partial charge on any atom is -0.493 e. The molecule has 0 radical (unpaired) electrons. The molecule has 100 valence electrons. The molecule has 0 amide bonds. The second-order valence-corrected chi connectivity index (χ2v) is 5.28. The Morgan fingerprint density at radius 3 is 2.58 bits per heavy atom. The first-order chi connectivity index (χ1) is 9.06. The van der Waals surface area contributed by atoms with Crippen LogP contribution in [0.2, 0.25) is 0 Å². The highest BCUT2D eigenvalue weighted by Gasteiger charge is 2.16. The van der Waals surface area contributed by atoms with Crippen molar-refractivity contribution in [2.75, 3.05) is 14.2 Å². The van der Waals surface area contributed by atoms with Gasteiger partial charge in [-0.15, -0.1) is 11.3 Å². The largest absolute Gasteiger partial charge is 0.493 e. The van der Waals surface area contributed by atoms with E-state index in [1.807, 2.05) is 0 Å². The van der Waals surface area contributed by atoms with E-state index in [4.69, 9.17) is 26.8 Å². The van der Waals surface area contributed by atoms with Gasteiger partial charge >= 0.3 is 5.97 Å². The van der Waals surface area contributed by atoms with Gasteiger partial charge < -0.3 is 19.6 Å². The van der Waals surface area contributed by atoms with E-state index in [0.717, 1.165) is 0 Å². The molecule has 0 spiro atoms. The quantitative estimate of drug-likeness (QED) is 0.848. The lowest BCUT2D eigenvalue weighted by atomic mass is 10.1. The molecular weight excluding hydrogens is 286 g/mol. The van der Waals surface area contributed by atoms with Crippen molar-refractivity contribution in [3.63, 3.8) is 0 Å². The third kappa shape index (κ3) is 2.61. The maximum atomic E-state index is 11.2. The molecule has 0 aliphatic heterocycles. The highest BCUT2D eigenvalue weighted by Crippen LogP contribution is 2.35. The van der Waals surface area contributed by atoms with Crippen LogP contribution in [0.3, 0.4) is 0 Å². The SMILES string of the molecule is COc1ccc(-c2sc(=S)[nH]c2C(=O)O)cc1OC. The standard InChI is InChI=1S/C12H11NO4S2/c1-16-7-4-3-6(5-8(7)17-2)10-9(11(14)15)13-12(18)19-10/h3-5H,1-2H3,(H,13,18)(H,14,15). The number of aromatic carboxylic acids is 1. The summed E-state index contributed by atoms with van der Waals surface area (Å²) in [5.41, 5.74) is 0.801. The molecule has 0 bridgehead atoms. The molecule has 5 nitrogen and oxygen atoms in total. The summed E-state index contributed by atoms with van der Waals surface area (Å²) >= 11 is 6.20. The van der Waals surface area contributed by atoms with Gasteiger partial charge in [0.2, 0.25) is 0 Å². The van der Waals surface area contributed by atoms with Crippen LogP contribution in [0.1, 0.15) is 10.5 Å². The van der Waals surface area contributed by atoms with Crippen molar-refractivity contribution < 1.29 is 19.4 Å². The van der Waals surface area contributed by atoms with Gasteiger partial charge in [0, 0.05) is 0 Å². The topological polar surface area (TPSA) is 71.6 Å². The number of ether oxygens (including phenoxy) is 2. The molecule has 2 N–H and O–H groups in total. The number of aromatic amines is 1. The van der Waals surface area contributed by atoms with Gasteiger partial charge in [-0.2, -0.15) is 0 Å². The highest BCUT2D eigenvalue weighted by atomic mass is 32.1. The number of benzene rings is 1. The molecule has 0 saturated heterocycles. The molecule has 2 rings (SSSR count). The van der Waals surface area contributed by atoms with Crippen molar-refractivity contribution in [3.05, 3.63) is 27.8 Å². The van der Waals surface area contributed by atoms with Crippen LogP contribution < -0.4 is 9.47 Å². The first-order valence-electron chi connectivity index (χ1n) is 5.25. The third-order valence-electron chi connectivity index (χ3n) is 2.51. The van der Waals surface area contributed by atoms with Crippen molar-refractivity contribution >= 4 is 29.5 Å². The summed E-state index contributed by atoms with van der Waals surface area (Å²) in [6.45, 7) is 0. The molecule has 0 aliphatic rings. The van der Waals surface area contributed by atoms with Crippen molar-refractivity contribution in [1.29, 1.82) is 0 Å². The number of nitrogens with one attached hydrogen (secondary N) is 1. The zero-order valence-electron chi connectivity index (χ0n) is 10.2. The average Bonchev–Trinajstić information content (AvgIpc) is 2.80. The fourth-order valence-electron chi connectivity index (χ4n) is 1.66. The zero-order valence-corrected chi connectivity index (χ0v) is 11.9. The van der Waals surface area contributed by atoms with E-state index in [1.165, 1.54) is 18.4 Å². The van der Waals surface area contributed by atoms with Crippen molar-refractivity contribution in [3.8, 4) is 21.9 Å². The molecule has 0 atom stereocenters. The minimum absolute atomic E-state index is 0.0854. The number of hydrogen-bond acceptors (Lipinski definition) is 5. The molecule has 0 fully saturated rings. The van der Waals surface area contributed by atoms with Gasteiger partial charge in [-0.05, 0) is 36.0 Å². The van der Waals surface area contributed by atoms with E-state index in [2.05, 4.69) is 4.98 Å². The van der Waals surface area contributed by atoms with E-state index in [-0.39, 0.29) is 5.69 Å². The van der Waals surface area contributed by atoms with Gasteiger partial charge in [-0.3, -0.25) is 0 Å². The van der Waals surface area contributed by atoms with Crippen molar-refractivity contribution in [2.24, 2.45) is 0 Å². The van der Waals surface area contributed by atoms with Crippen LogP contribution in [0.5, 0.6) is 11.5 Å². The number of carboxylic acids is 1. The van der Waals surface area contributed by atoms with Crippen LogP contribution in [-0.4, -0.2) is 30.3 Å². The summed E-state index contributed by atoms with van der Waals surface area (Å²) < 4.78 is 10.8. The van der Waals surface area contributed by atoms with Gasteiger partial charge in [0.25, 0.3) is 0 Å². The third-order valence-corrected chi connectivity index (χ3v) is 3.79. The van der Waals surface area contributed by atoms with Gasteiger partial charge in [-0.25, -0.2) is 4.79 Å². The molecule has 0 aliphatic carbocycles. The Balaban J connectivity index is 2.59. The van der Waals surface area contributed by atoms with Crippen LogP contribution in [0.15, 0.2) is 18.2 Å². The molecular formula is C12H11NO4S2. The van der Waals surface area contributed by atoms with Gasteiger partial charge in [0.1, 0.15) is 5.69 Å². The molecule has 2 aromatic rings. The molecule has 7 heteroatoms. The Kier molecular flexibility index (Phi) is 3.87. The Bertz CT molecular complexity index is 675. The van der Waals surface area contributed by atoms with Crippen LogP contribution in [0.4, 0.5) is 0 Å². The lowest BCUT2D eigenvalue weighted by Gasteiger charge is -2.08. The second-order valence-electron chi connectivity index (χ2n) is 3.59. The zero-order chi connectivity index (χ0) is 14.0. The fraction of sp³-hybridized carbons (Fsp3) is 0.167. The van der Waals surface area contributed by atoms with Crippen molar-refractivity contribution in [1.82, 2.24) is 4.98 Å². The van der Waals surface area contributed by atoms with E-state index in [1.54, 1.807) is 25.3 Å². The summed E-state index contributed by atoms with van der Waals surface area (Å²) in [6.07, 6.45) is 0. The van der Waals surface area contributed by atoms with Crippen molar-refractivity contribution in [2.45, 2.75) is 0 Å². The second kappa shape index (κ2) is 5.41. The normalized spacial score (nSPS) is 10.2. The first-order valence-corrected chi connectivity index (χ1v) is 6.48. The Hall–Kier alpha value is -1.86. The number of thiazole rings is 1. The Morgan fingerprint density at radius 1 is 1.32 bits per heavy atom. The summed E-state index contributed by atoms with van der Waals surface area (Å²) in [5, 5.41) is 9.14. The molecule has 1 aromatic carbocycles. The number of rotatable bonds is 4. The van der Waals surface area contributed by atoms with Crippen LogP contribution in [0, 0.1) is 3.95 Å². The number of aromatic nitrogens is 1. The van der Waals surface area contributed by atoms with Gasteiger partial charge in [0.15, 0.2) is 15.5 Å². The monoisotopic (exact) mass is 297 g/mol. The van der Waals surface area contributed by atoms with Gasteiger partial charge in [-0.1, -0.05) is 0 Å². The number of hydrogen-bond donors (Lipinski definition) is 2. The van der Waals surface area contributed by atoms with Crippen LogP contribution in [0.25, 0.3) is 10.4 Å². The molecule has 19 heavy (non-hydrogen) atoms. The lowest BCUT2D eigenvalue weighted by Crippen LogP contribution is -1.98. The average molecular weight is 297 g/mol. The minimum atomic E-state index is -1.04. The Labute approximate surface area is 118 Å². The van der Waals surface area contributed by atoms with E-state index in [9.17, 15) is 4.79 Å². The summed E-state index contributed by atoms with van der Waals surface area (Å²) in [4.78, 5) is 14.4. The first kappa shape index (κ1) is 13.6. The van der Waals surface area contributed by atoms with E-state index >= 15 is 0 Å². The molecule has 0 saturated carbocycles. The smallest absolute Gasteiger partial charge is 0.353 e. The molecule has 1 aromatic heterocycles. The molecule has 1 heterocycles. The predicted molar refractivity (Wildman–Crippen MR) is 75.0 cm³/mol. The number of carbonyl (C=O) groups is 1. The lowest BCUT2D eigenvalue weighted by molar-refractivity contribution is 0.0692. The summed E-state index contributed by atoms with van der Waals surface area (Å²) in [6, 6.07) is 5.21. The maximum Gasteiger partial charge on any atom is 0.353 e.